The third-order valence-corrected chi connectivity index (χ3v) is 3.80. The van der Waals surface area contributed by atoms with E-state index in [4.69, 9.17) is 23.2 Å². The van der Waals surface area contributed by atoms with Gasteiger partial charge in [0.2, 0.25) is 0 Å². The number of halogens is 2. The molecule has 0 fully saturated rings. The van der Waals surface area contributed by atoms with Crippen LogP contribution in [0.1, 0.15) is 17.1 Å². The van der Waals surface area contributed by atoms with E-state index in [1.165, 1.54) is 0 Å². The molecule has 21 heavy (non-hydrogen) atoms. The number of nitrogens with zero attached hydrogens (tertiary/aromatic N) is 3. The van der Waals surface area contributed by atoms with Gasteiger partial charge in [-0.1, -0.05) is 29.3 Å². The average molecular weight is 324 g/mol. The normalized spacial score (nSPS) is 11.0. The number of hydrogen-bond acceptors (Lipinski definition) is 3. The Balaban J connectivity index is 1.87. The Labute approximate surface area is 129 Å². The summed E-state index contributed by atoms with van der Waals surface area (Å²) in [6, 6.07) is 5.40. The average Bonchev–Trinajstić information content (AvgIpc) is 3.04. The van der Waals surface area contributed by atoms with E-state index in [1.807, 2.05) is 4.57 Å². The molecule has 0 saturated heterocycles. The Morgan fingerprint density at radius 2 is 2.00 bits per heavy atom. The number of rotatable bonds is 4. The molecule has 0 spiro atoms. The molecule has 0 atom stereocenters. The van der Waals surface area contributed by atoms with E-state index >= 15 is 0 Å². The summed E-state index contributed by atoms with van der Waals surface area (Å²) in [4.78, 5) is 17.8. The minimum absolute atomic E-state index is 0.329. The summed E-state index contributed by atoms with van der Waals surface area (Å²) in [5.74, 6) is 0.548. The van der Waals surface area contributed by atoms with Crippen molar-refractivity contribution in [3.8, 4) is 0 Å². The zero-order chi connectivity index (χ0) is 14.8. The van der Waals surface area contributed by atoms with Crippen molar-refractivity contribution in [1.82, 2.24) is 24.7 Å². The van der Waals surface area contributed by atoms with Crippen LogP contribution in [0.15, 0.2) is 35.5 Å². The number of imidazole rings is 1. The molecule has 0 aliphatic carbocycles. The number of benzene rings is 1. The van der Waals surface area contributed by atoms with E-state index in [0.29, 0.717) is 28.8 Å². The lowest BCUT2D eigenvalue weighted by Crippen LogP contribution is -2.06. The third-order valence-electron chi connectivity index (χ3n) is 3.09. The van der Waals surface area contributed by atoms with Gasteiger partial charge in [-0.2, -0.15) is 5.10 Å². The number of aromatic nitrogens is 5. The van der Waals surface area contributed by atoms with Gasteiger partial charge in [0.05, 0.1) is 12.9 Å². The lowest BCUT2D eigenvalue weighted by molar-refractivity contribution is 0.744. The van der Waals surface area contributed by atoms with Crippen LogP contribution < -0.4 is 5.69 Å². The summed E-state index contributed by atoms with van der Waals surface area (Å²) < 4.78 is 1.92. The molecule has 1 aromatic carbocycles. The number of hydrogen-bond donors (Lipinski definition) is 2. The summed E-state index contributed by atoms with van der Waals surface area (Å²) in [7, 11) is 0. The van der Waals surface area contributed by atoms with Gasteiger partial charge in [-0.15, -0.1) is 0 Å². The second kappa shape index (κ2) is 5.75. The van der Waals surface area contributed by atoms with E-state index < -0.39 is 0 Å². The first-order valence-electron chi connectivity index (χ1n) is 6.19. The van der Waals surface area contributed by atoms with Crippen LogP contribution in [0.4, 0.5) is 0 Å². The van der Waals surface area contributed by atoms with Crippen molar-refractivity contribution in [1.29, 1.82) is 0 Å². The quantitative estimate of drug-likeness (QED) is 0.772. The lowest BCUT2D eigenvalue weighted by Gasteiger charge is -2.10. The summed E-state index contributed by atoms with van der Waals surface area (Å²) in [6.07, 6.45) is 3.87. The fraction of sp³-hybridized carbons (Fsp3) is 0.154. The van der Waals surface area contributed by atoms with E-state index in [-0.39, 0.29) is 5.69 Å². The second-order valence-corrected chi connectivity index (χ2v) is 5.33. The fourth-order valence-electron chi connectivity index (χ4n) is 2.05. The second-order valence-electron chi connectivity index (χ2n) is 4.51. The molecular weight excluding hydrogens is 313 g/mol. The molecular formula is C13H11Cl2N5O. The third kappa shape index (κ3) is 3.01. The summed E-state index contributed by atoms with van der Waals surface area (Å²) in [6.45, 7) is 0.502. The molecule has 3 aromatic rings. The van der Waals surface area contributed by atoms with E-state index in [9.17, 15) is 4.79 Å². The van der Waals surface area contributed by atoms with Gasteiger partial charge in [0.1, 0.15) is 5.82 Å². The first-order chi connectivity index (χ1) is 10.1. The maximum atomic E-state index is 11.1. The molecule has 0 amide bonds. The van der Waals surface area contributed by atoms with Crippen molar-refractivity contribution in [3.63, 3.8) is 0 Å². The van der Waals surface area contributed by atoms with Crippen molar-refractivity contribution >= 4 is 23.2 Å². The standard InChI is InChI=1S/C13H11Cl2N5O/c14-10-2-1-3-11(15)9(10)6-20-7-16-5-8(20)4-12-17-13(21)19-18-12/h1-3,5,7H,4,6H2,(H2,17,18,19,21). The van der Waals surface area contributed by atoms with E-state index in [0.717, 1.165) is 11.3 Å². The molecule has 2 N–H and O–H groups in total. The first-order valence-corrected chi connectivity index (χ1v) is 6.94. The number of aromatic amines is 2. The van der Waals surface area contributed by atoms with Crippen LogP contribution in [0.3, 0.4) is 0 Å². The molecule has 0 bridgehead atoms. The summed E-state index contributed by atoms with van der Waals surface area (Å²) >= 11 is 12.4. The number of H-pyrrole nitrogens is 2. The first kappa shape index (κ1) is 13.9. The van der Waals surface area contributed by atoms with Crippen LogP contribution in [0.5, 0.6) is 0 Å². The van der Waals surface area contributed by atoms with Gasteiger partial charge in [0, 0.05) is 33.9 Å². The van der Waals surface area contributed by atoms with Gasteiger partial charge in [0.15, 0.2) is 0 Å². The Hall–Kier alpha value is -2.05. The largest absolute Gasteiger partial charge is 0.340 e. The molecule has 0 aliphatic heterocycles. The number of nitrogens with one attached hydrogen (secondary N) is 2. The zero-order valence-corrected chi connectivity index (χ0v) is 12.3. The van der Waals surface area contributed by atoms with Crippen LogP contribution in [0.2, 0.25) is 10.0 Å². The van der Waals surface area contributed by atoms with E-state index in [1.54, 1.807) is 30.7 Å². The Morgan fingerprint density at radius 1 is 1.24 bits per heavy atom. The molecule has 108 valence electrons. The predicted molar refractivity (Wildman–Crippen MR) is 79.8 cm³/mol. The van der Waals surface area contributed by atoms with Gasteiger partial charge in [0.25, 0.3) is 0 Å². The molecule has 8 heteroatoms. The van der Waals surface area contributed by atoms with Crippen molar-refractivity contribution in [2.75, 3.05) is 0 Å². The van der Waals surface area contributed by atoms with Gasteiger partial charge in [-0.3, -0.25) is 4.98 Å². The topological polar surface area (TPSA) is 79.4 Å². The van der Waals surface area contributed by atoms with Gasteiger partial charge in [-0.05, 0) is 12.1 Å². The Morgan fingerprint density at radius 3 is 2.67 bits per heavy atom. The highest BCUT2D eigenvalue weighted by Gasteiger charge is 2.10. The molecule has 3 rings (SSSR count). The Bertz CT molecular complexity index is 800. The van der Waals surface area contributed by atoms with Gasteiger partial charge < -0.3 is 4.57 Å². The van der Waals surface area contributed by atoms with Crippen LogP contribution >= 0.6 is 23.2 Å². The van der Waals surface area contributed by atoms with Gasteiger partial charge in [-0.25, -0.2) is 14.9 Å². The van der Waals surface area contributed by atoms with Crippen molar-refractivity contribution in [2.24, 2.45) is 0 Å². The summed E-state index contributed by atoms with van der Waals surface area (Å²) in [5, 5.41) is 7.44. The van der Waals surface area contributed by atoms with Crippen molar-refractivity contribution in [3.05, 3.63) is 68.3 Å². The molecule has 0 unspecified atom stereocenters. The molecule has 0 saturated carbocycles. The van der Waals surface area contributed by atoms with Crippen LogP contribution in [-0.2, 0) is 13.0 Å². The molecule has 0 aliphatic rings. The maximum Gasteiger partial charge on any atom is 0.340 e. The maximum absolute atomic E-state index is 11.1. The fourth-order valence-corrected chi connectivity index (χ4v) is 2.57. The summed E-state index contributed by atoms with van der Waals surface area (Å²) in [5.41, 5.74) is 1.40. The highest BCUT2D eigenvalue weighted by molar-refractivity contribution is 6.35. The molecule has 0 radical (unpaired) electrons. The minimum Gasteiger partial charge on any atom is -0.330 e. The van der Waals surface area contributed by atoms with Gasteiger partial charge >= 0.3 is 5.69 Å². The highest BCUT2D eigenvalue weighted by Crippen LogP contribution is 2.25. The molecule has 6 nitrogen and oxygen atoms in total. The van der Waals surface area contributed by atoms with Crippen LogP contribution in [0.25, 0.3) is 0 Å². The molecule has 2 aromatic heterocycles. The lowest BCUT2D eigenvalue weighted by atomic mass is 10.2. The van der Waals surface area contributed by atoms with Crippen LogP contribution in [0, 0.1) is 0 Å². The van der Waals surface area contributed by atoms with Crippen LogP contribution in [-0.4, -0.2) is 24.7 Å². The van der Waals surface area contributed by atoms with Crippen molar-refractivity contribution in [2.45, 2.75) is 13.0 Å². The minimum atomic E-state index is -0.329. The zero-order valence-electron chi connectivity index (χ0n) is 10.8. The predicted octanol–water partition coefficient (Wildman–Crippen LogP) is 2.24. The SMILES string of the molecule is O=c1[nH]nc(Cc2cncn2Cc2c(Cl)cccc2Cl)[nH]1. The smallest absolute Gasteiger partial charge is 0.330 e. The molecule has 2 heterocycles. The van der Waals surface area contributed by atoms with E-state index in [2.05, 4.69) is 20.2 Å². The van der Waals surface area contributed by atoms with Crippen molar-refractivity contribution < 1.29 is 0 Å². The monoisotopic (exact) mass is 323 g/mol. The Kier molecular flexibility index (Phi) is 3.81. The highest BCUT2D eigenvalue weighted by atomic mass is 35.5.